The third-order valence-electron chi connectivity index (χ3n) is 2.34. The van der Waals surface area contributed by atoms with Gasteiger partial charge in [-0.25, -0.2) is 4.98 Å². The summed E-state index contributed by atoms with van der Waals surface area (Å²) in [5, 5.41) is 3.08. The minimum atomic E-state index is -0.123. The Morgan fingerprint density at radius 3 is 2.76 bits per heavy atom. The number of aryl methyl sites for hydroxylation is 1. The maximum absolute atomic E-state index is 11.4. The van der Waals surface area contributed by atoms with E-state index >= 15 is 0 Å². The monoisotopic (exact) mass is 229 g/mol. The Hall–Kier alpha value is -2.10. The maximum Gasteiger partial charge on any atom is 0.252 e. The lowest BCUT2D eigenvalue weighted by Gasteiger charge is -2.06. The van der Waals surface area contributed by atoms with Crippen LogP contribution in [0.25, 0.3) is 0 Å². The van der Waals surface area contributed by atoms with Gasteiger partial charge in [-0.2, -0.15) is 0 Å². The summed E-state index contributed by atoms with van der Waals surface area (Å²) >= 11 is 0. The number of aromatic amines is 1. The molecule has 0 bridgehead atoms. The molecular weight excluding hydrogens is 214 g/mol. The Labute approximate surface area is 99.7 Å². The summed E-state index contributed by atoms with van der Waals surface area (Å²) in [5.41, 5.74) is 1.60. The summed E-state index contributed by atoms with van der Waals surface area (Å²) in [7, 11) is 0. The minimum Gasteiger partial charge on any atom is -0.326 e. The second kappa shape index (κ2) is 5.30. The van der Waals surface area contributed by atoms with Crippen molar-refractivity contribution in [3.05, 3.63) is 52.4 Å². The third-order valence-corrected chi connectivity index (χ3v) is 2.34. The molecule has 0 aliphatic carbocycles. The number of benzene rings is 1. The van der Waals surface area contributed by atoms with Gasteiger partial charge in [-0.3, -0.25) is 9.78 Å². The number of aromatic nitrogens is 2. The van der Waals surface area contributed by atoms with Crippen molar-refractivity contribution in [2.45, 2.75) is 19.8 Å². The number of H-pyrrole nitrogens is 1. The van der Waals surface area contributed by atoms with E-state index in [0.29, 0.717) is 5.95 Å². The Balaban J connectivity index is 2.24. The molecule has 2 N–H and O–H groups in total. The number of hydrogen-bond donors (Lipinski definition) is 2. The SMILES string of the molecule is CCCc1cc(=O)[nH]c(Nc2ccccc2)n1. The van der Waals surface area contributed by atoms with Gasteiger partial charge >= 0.3 is 0 Å². The molecule has 0 saturated carbocycles. The summed E-state index contributed by atoms with van der Waals surface area (Å²) in [5.74, 6) is 0.493. The van der Waals surface area contributed by atoms with Crippen molar-refractivity contribution >= 4 is 11.6 Å². The summed E-state index contributed by atoms with van der Waals surface area (Å²) in [6.07, 6.45) is 1.79. The quantitative estimate of drug-likeness (QED) is 0.846. The largest absolute Gasteiger partial charge is 0.326 e. The highest BCUT2D eigenvalue weighted by molar-refractivity contribution is 5.52. The van der Waals surface area contributed by atoms with Crippen LogP contribution in [-0.2, 0) is 6.42 Å². The van der Waals surface area contributed by atoms with Crippen molar-refractivity contribution in [3.63, 3.8) is 0 Å². The zero-order valence-corrected chi connectivity index (χ0v) is 9.73. The molecule has 0 spiro atoms. The van der Waals surface area contributed by atoms with Gasteiger partial charge in [0.05, 0.1) is 0 Å². The van der Waals surface area contributed by atoms with Gasteiger partial charge in [0, 0.05) is 17.4 Å². The molecule has 2 rings (SSSR count). The summed E-state index contributed by atoms with van der Waals surface area (Å²) in [4.78, 5) is 18.5. The fourth-order valence-corrected chi connectivity index (χ4v) is 1.61. The van der Waals surface area contributed by atoms with Gasteiger partial charge in [-0.1, -0.05) is 31.5 Å². The van der Waals surface area contributed by atoms with Gasteiger partial charge in [-0.15, -0.1) is 0 Å². The molecule has 17 heavy (non-hydrogen) atoms. The molecule has 0 fully saturated rings. The number of para-hydroxylation sites is 1. The van der Waals surface area contributed by atoms with E-state index in [2.05, 4.69) is 22.2 Å². The highest BCUT2D eigenvalue weighted by atomic mass is 16.1. The topological polar surface area (TPSA) is 57.8 Å². The molecule has 0 radical (unpaired) electrons. The standard InChI is InChI=1S/C13H15N3O/c1-2-6-11-9-12(17)16-13(15-11)14-10-7-4-3-5-8-10/h3-5,7-9H,2,6H2,1H3,(H2,14,15,16,17). The number of rotatable bonds is 4. The molecule has 1 aromatic carbocycles. The lowest BCUT2D eigenvalue weighted by atomic mass is 10.2. The fraction of sp³-hybridized carbons (Fsp3) is 0.231. The molecule has 0 saturated heterocycles. The van der Waals surface area contributed by atoms with Crippen molar-refractivity contribution in [1.29, 1.82) is 0 Å². The molecule has 1 heterocycles. The van der Waals surface area contributed by atoms with Crippen molar-refractivity contribution in [2.24, 2.45) is 0 Å². The van der Waals surface area contributed by atoms with Gasteiger partial charge < -0.3 is 5.32 Å². The van der Waals surface area contributed by atoms with Gasteiger partial charge in [-0.05, 0) is 18.6 Å². The van der Waals surface area contributed by atoms with Crippen LogP contribution in [-0.4, -0.2) is 9.97 Å². The maximum atomic E-state index is 11.4. The average molecular weight is 229 g/mol. The van der Waals surface area contributed by atoms with Crippen molar-refractivity contribution < 1.29 is 0 Å². The van der Waals surface area contributed by atoms with Crippen LogP contribution in [0.2, 0.25) is 0 Å². The van der Waals surface area contributed by atoms with Crippen LogP contribution in [0.1, 0.15) is 19.0 Å². The summed E-state index contributed by atoms with van der Waals surface area (Å²) in [6.45, 7) is 2.06. The van der Waals surface area contributed by atoms with E-state index in [1.165, 1.54) is 0 Å². The molecule has 88 valence electrons. The van der Waals surface area contributed by atoms with Crippen molar-refractivity contribution in [1.82, 2.24) is 9.97 Å². The Bertz CT molecular complexity index is 534. The number of nitrogens with one attached hydrogen (secondary N) is 2. The predicted molar refractivity (Wildman–Crippen MR) is 68.6 cm³/mol. The lowest BCUT2D eigenvalue weighted by molar-refractivity contribution is 0.870. The van der Waals surface area contributed by atoms with E-state index in [1.807, 2.05) is 30.3 Å². The Morgan fingerprint density at radius 2 is 2.06 bits per heavy atom. The first-order valence-corrected chi connectivity index (χ1v) is 5.70. The first-order chi connectivity index (χ1) is 8.28. The Morgan fingerprint density at radius 1 is 1.29 bits per heavy atom. The minimum absolute atomic E-state index is 0.123. The number of anilines is 2. The number of nitrogens with zero attached hydrogens (tertiary/aromatic N) is 1. The zero-order chi connectivity index (χ0) is 12.1. The van der Waals surface area contributed by atoms with Crippen molar-refractivity contribution in [3.8, 4) is 0 Å². The van der Waals surface area contributed by atoms with Crippen LogP contribution >= 0.6 is 0 Å². The molecule has 0 unspecified atom stereocenters. The lowest BCUT2D eigenvalue weighted by Crippen LogP contribution is -2.11. The van der Waals surface area contributed by atoms with E-state index in [1.54, 1.807) is 6.07 Å². The van der Waals surface area contributed by atoms with E-state index in [0.717, 1.165) is 24.2 Å². The van der Waals surface area contributed by atoms with Crippen molar-refractivity contribution in [2.75, 3.05) is 5.32 Å². The molecule has 0 aliphatic rings. The smallest absolute Gasteiger partial charge is 0.252 e. The average Bonchev–Trinajstić information content (AvgIpc) is 2.30. The summed E-state index contributed by atoms with van der Waals surface area (Å²) in [6, 6.07) is 11.2. The molecule has 0 aliphatic heterocycles. The fourth-order valence-electron chi connectivity index (χ4n) is 1.61. The van der Waals surface area contributed by atoms with Crippen LogP contribution in [0.5, 0.6) is 0 Å². The van der Waals surface area contributed by atoms with Gasteiger partial charge in [0.2, 0.25) is 5.95 Å². The molecule has 0 atom stereocenters. The van der Waals surface area contributed by atoms with E-state index < -0.39 is 0 Å². The second-order valence-electron chi connectivity index (χ2n) is 3.83. The van der Waals surface area contributed by atoms with Crippen LogP contribution < -0.4 is 10.9 Å². The van der Waals surface area contributed by atoms with E-state index in [4.69, 9.17) is 0 Å². The second-order valence-corrected chi connectivity index (χ2v) is 3.83. The highest BCUT2D eigenvalue weighted by Crippen LogP contribution is 2.10. The molecule has 0 amide bonds. The Kier molecular flexibility index (Phi) is 3.55. The molecule has 4 nitrogen and oxygen atoms in total. The predicted octanol–water partition coefficient (Wildman–Crippen LogP) is 2.47. The van der Waals surface area contributed by atoms with Gasteiger partial charge in [0.1, 0.15) is 0 Å². The zero-order valence-electron chi connectivity index (χ0n) is 9.73. The van der Waals surface area contributed by atoms with Crippen LogP contribution in [0.4, 0.5) is 11.6 Å². The first-order valence-electron chi connectivity index (χ1n) is 5.70. The first kappa shape index (κ1) is 11.4. The molecular formula is C13H15N3O. The van der Waals surface area contributed by atoms with Gasteiger partial charge in [0.15, 0.2) is 0 Å². The molecule has 1 aromatic heterocycles. The van der Waals surface area contributed by atoms with Gasteiger partial charge in [0.25, 0.3) is 5.56 Å². The van der Waals surface area contributed by atoms with E-state index in [-0.39, 0.29) is 5.56 Å². The van der Waals surface area contributed by atoms with Crippen LogP contribution in [0.3, 0.4) is 0 Å². The van der Waals surface area contributed by atoms with Crippen LogP contribution in [0, 0.1) is 0 Å². The molecule has 4 heteroatoms. The normalized spacial score (nSPS) is 10.2. The third kappa shape index (κ3) is 3.17. The van der Waals surface area contributed by atoms with E-state index in [9.17, 15) is 4.79 Å². The summed E-state index contributed by atoms with van der Waals surface area (Å²) < 4.78 is 0. The number of hydrogen-bond acceptors (Lipinski definition) is 3. The highest BCUT2D eigenvalue weighted by Gasteiger charge is 2.00. The van der Waals surface area contributed by atoms with Crippen LogP contribution in [0.15, 0.2) is 41.2 Å². The molecule has 2 aromatic rings.